The summed E-state index contributed by atoms with van der Waals surface area (Å²) in [5, 5.41) is 15.6. The van der Waals surface area contributed by atoms with E-state index >= 15 is 0 Å². The van der Waals surface area contributed by atoms with Crippen LogP contribution in [0.3, 0.4) is 0 Å². The first-order valence-corrected chi connectivity index (χ1v) is 7.34. The molecule has 3 atom stereocenters. The van der Waals surface area contributed by atoms with Crippen LogP contribution < -0.4 is 15.4 Å². The maximum absolute atomic E-state index is 11.8. The third-order valence-corrected chi connectivity index (χ3v) is 3.79. The number of benzene rings is 1. The van der Waals surface area contributed by atoms with E-state index in [1.807, 2.05) is 19.1 Å². The molecule has 0 aliphatic heterocycles. The molecular formula is C16H26N2O3. The van der Waals surface area contributed by atoms with Gasteiger partial charge in [-0.1, -0.05) is 32.4 Å². The van der Waals surface area contributed by atoms with Gasteiger partial charge >= 0.3 is 6.03 Å². The van der Waals surface area contributed by atoms with E-state index in [1.54, 1.807) is 19.2 Å². The van der Waals surface area contributed by atoms with Crippen molar-refractivity contribution in [1.29, 1.82) is 0 Å². The van der Waals surface area contributed by atoms with Crippen LogP contribution in [0.25, 0.3) is 0 Å². The van der Waals surface area contributed by atoms with Crippen LogP contribution in [0.2, 0.25) is 0 Å². The molecule has 2 amide bonds. The van der Waals surface area contributed by atoms with Crippen LogP contribution in [0, 0.1) is 5.92 Å². The monoisotopic (exact) mass is 294 g/mol. The number of carbonyl (C=O) groups excluding carboxylic acids is 1. The highest BCUT2D eigenvalue weighted by Gasteiger charge is 2.14. The number of amides is 2. The number of urea groups is 1. The summed E-state index contributed by atoms with van der Waals surface area (Å²) in [5.74, 6) is 1.10. The minimum absolute atomic E-state index is 0.101. The first-order valence-electron chi connectivity index (χ1n) is 7.34. The Morgan fingerprint density at radius 2 is 2.10 bits per heavy atom. The summed E-state index contributed by atoms with van der Waals surface area (Å²) < 4.78 is 5.11. The minimum Gasteiger partial charge on any atom is -0.497 e. The summed E-state index contributed by atoms with van der Waals surface area (Å²) in [4.78, 5) is 11.8. The largest absolute Gasteiger partial charge is 0.497 e. The molecule has 1 rings (SSSR count). The normalized spacial score (nSPS) is 14.9. The fourth-order valence-corrected chi connectivity index (χ4v) is 1.91. The van der Waals surface area contributed by atoms with Gasteiger partial charge in [0.05, 0.1) is 13.2 Å². The van der Waals surface area contributed by atoms with Gasteiger partial charge in [-0.15, -0.1) is 0 Å². The van der Waals surface area contributed by atoms with Crippen LogP contribution >= 0.6 is 0 Å². The molecule has 0 aromatic heterocycles. The third-order valence-electron chi connectivity index (χ3n) is 3.79. The van der Waals surface area contributed by atoms with Crippen LogP contribution in [0.1, 0.15) is 38.9 Å². The highest BCUT2D eigenvalue weighted by molar-refractivity contribution is 5.74. The molecule has 0 heterocycles. The van der Waals surface area contributed by atoms with Gasteiger partial charge in [0, 0.05) is 12.6 Å². The van der Waals surface area contributed by atoms with Gasteiger partial charge in [0.25, 0.3) is 0 Å². The average Bonchev–Trinajstić information content (AvgIpc) is 2.51. The molecule has 5 nitrogen and oxygen atoms in total. The minimum atomic E-state index is -0.759. The lowest BCUT2D eigenvalue weighted by molar-refractivity contribution is 0.171. The van der Waals surface area contributed by atoms with E-state index in [1.165, 1.54) is 0 Å². The van der Waals surface area contributed by atoms with Crippen molar-refractivity contribution in [3.05, 3.63) is 29.8 Å². The highest BCUT2D eigenvalue weighted by atomic mass is 16.5. The van der Waals surface area contributed by atoms with Gasteiger partial charge in [-0.25, -0.2) is 4.79 Å². The Labute approximate surface area is 126 Å². The molecule has 3 N–H and O–H groups in total. The molecule has 5 heteroatoms. The summed E-state index contributed by atoms with van der Waals surface area (Å²) in [6.45, 7) is 6.32. The lowest BCUT2D eigenvalue weighted by Crippen LogP contribution is -2.44. The van der Waals surface area contributed by atoms with Gasteiger partial charge < -0.3 is 20.5 Å². The van der Waals surface area contributed by atoms with Gasteiger partial charge in [0.15, 0.2) is 0 Å². The van der Waals surface area contributed by atoms with Crippen LogP contribution in [0.15, 0.2) is 24.3 Å². The fourth-order valence-electron chi connectivity index (χ4n) is 1.91. The number of ether oxygens (including phenoxy) is 1. The van der Waals surface area contributed by atoms with Crippen LogP contribution in [-0.2, 0) is 0 Å². The Kier molecular flexibility index (Phi) is 7.02. The first-order chi connectivity index (χ1) is 9.97. The molecule has 1 aromatic rings. The Morgan fingerprint density at radius 1 is 1.38 bits per heavy atom. The van der Waals surface area contributed by atoms with E-state index in [2.05, 4.69) is 24.5 Å². The molecule has 3 unspecified atom stereocenters. The molecule has 0 spiro atoms. The zero-order valence-corrected chi connectivity index (χ0v) is 13.2. The molecule has 0 saturated carbocycles. The van der Waals surface area contributed by atoms with Crippen molar-refractivity contribution in [2.45, 2.75) is 39.3 Å². The molecule has 0 aliphatic rings. The van der Waals surface area contributed by atoms with Crippen molar-refractivity contribution < 1.29 is 14.6 Å². The van der Waals surface area contributed by atoms with Crippen LogP contribution in [-0.4, -0.2) is 30.8 Å². The summed E-state index contributed by atoms with van der Waals surface area (Å²) in [5.41, 5.74) is 0.713. The molecular weight excluding hydrogens is 268 g/mol. The Bertz CT molecular complexity index is 451. The number of methoxy groups -OCH3 is 1. The van der Waals surface area contributed by atoms with Crippen molar-refractivity contribution in [3.63, 3.8) is 0 Å². The predicted octanol–water partition coefficient (Wildman–Crippen LogP) is 2.46. The van der Waals surface area contributed by atoms with Gasteiger partial charge in [0.2, 0.25) is 0 Å². The van der Waals surface area contributed by atoms with Crippen molar-refractivity contribution in [2.24, 2.45) is 5.92 Å². The molecule has 118 valence electrons. The molecule has 0 aliphatic carbocycles. The third kappa shape index (κ3) is 5.63. The summed E-state index contributed by atoms with van der Waals surface area (Å²) in [7, 11) is 1.58. The highest BCUT2D eigenvalue weighted by Crippen LogP contribution is 2.18. The van der Waals surface area contributed by atoms with Gasteiger partial charge in [-0.3, -0.25) is 0 Å². The number of aliphatic hydroxyl groups excluding tert-OH is 1. The Hall–Kier alpha value is -1.75. The maximum Gasteiger partial charge on any atom is 0.315 e. The van der Waals surface area contributed by atoms with Gasteiger partial charge in [0.1, 0.15) is 5.75 Å². The summed E-state index contributed by atoms with van der Waals surface area (Å²) in [6, 6.07) is 7.02. The van der Waals surface area contributed by atoms with E-state index in [0.29, 0.717) is 17.2 Å². The van der Waals surface area contributed by atoms with Crippen molar-refractivity contribution in [3.8, 4) is 5.75 Å². The summed E-state index contributed by atoms with van der Waals surface area (Å²) >= 11 is 0. The molecule has 0 bridgehead atoms. The number of rotatable bonds is 7. The Balaban J connectivity index is 2.45. The molecule has 0 fully saturated rings. The van der Waals surface area contributed by atoms with Crippen LogP contribution in [0.4, 0.5) is 4.79 Å². The van der Waals surface area contributed by atoms with Gasteiger partial charge in [-0.05, 0) is 30.5 Å². The maximum atomic E-state index is 11.8. The number of carbonyl (C=O) groups is 1. The lowest BCUT2D eigenvalue weighted by Gasteiger charge is -2.21. The van der Waals surface area contributed by atoms with E-state index in [-0.39, 0.29) is 18.6 Å². The van der Waals surface area contributed by atoms with E-state index < -0.39 is 6.10 Å². The van der Waals surface area contributed by atoms with E-state index in [4.69, 9.17) is 4.74 Å². The molecule has 1 aromatic carbocycles. The van der Waals surface area contributed by atoms with E-state index in [9.17, 15) is 9.90 Å². The molecule has 0 radical (unpaired) electrons. The number of hydrogen-bond donors (Lipinski definition) is 3. The second-order valence-corrected chi connectivity index (χ2v) is 5.32. The van der Waals surface area contributed by atoms with Crippen molar-refractivity contribution in [2.75, 3.05) is 13.7 Å². The number of aliphatic hydroxyl groups is 1. The zero-order chi connectivity index (χ0) is 15.8. The van der Waals surface area contributed by atoms with Crippen LogP contribution in [0.5, 0.6) is 5.75 Å². The SMILES string of the molecule is CCC(C)C(C)NC(=O)NCC(O)c1cccc(OC)c1. The fraction of sp³-hybridized carbons (Fsp3) is 0.562. The number of hydrogen-bond acceptors (Lipinski definition) is 3. The number of nitrogens with one attached hydrogen (secondary N) is 2. The molecule has 0 saturated heterocycles. The first kappa shape index (κ1) is 17.3. The second kappa shape index (κ2) is 8.52. The smallest absolute Gasteiger partial charge is 0.315 e. The topological polar surface area (TPSA) is 70.6 Å². The quantitative estimate of drug-likeness (QED) is 0.723. The van der Waals surface area contributed by atoms with Gasteiger partial charge in [-0.2, -0.15) is 0 Å². The van der Waals surface area contributed by atoms with Crippen molar-refractivity contribution in [1.82, 2.24) is 10.6 Å². The second-order valence-electron chi connectivity index (χ2n) is 5.32. The average molecular weight is 294 g/mol. The Morgan fingerprint density at radius 3 is 2.71 bits per heavy atom. The predicted molar refractivity (Wildman–Crippen MR) is 83.4 cm³/mol. The lowest BCUT2D eigenvalue weighted by atomic mass is 10.0. The molecule has 21 heavy (non-hydrogen) atoms. The summed E-state index contributed by atoms with van der Waals surface area (Å²) in [6.07, 6.45) is 0.248. The standard InChI is InChI=1S/C16H26N2O3/c1-5-11(2)12(3)18-16(20)17-10-15(19)13-7-6-8-14(9-13)21-4/h6-9,11-12,15,19H,5,10H2,1-4H3,(H2,17,18,20). The van der Waals surface area contributed by atoms with Crippen molar-refractivity contribution >= 4 is 6.03 Å². The van der Waals surface area contributed by atoms with E-state index in [0.717, 1.165) is 6.42 Å². The zero-order valence-electron chi connectivity index (χ0n) is 13.2.